The molecule has 1 aliphatic heterocycles. The molecule has 166 valence electrons. The predicted molar refractivity (Wildman–Crippen MR) is 123 cm³/mol. The first-order valence-corrected chi connectivity index (χ1v) is 10.8. The normalized spacial score (nSPS) is 26.8. The predicted octanol–water partition coefficient (Wildman–Crippen LogP) is 4.07. The van der Waals surface area contributed by atoms with Crippen molar-refractivity contribution in [1.29, 1.82) is 0 Å². The Morgan fingerprint density at radius 1 is 1.06 bits per heavy atom. The standard InChI is InChI=1S/C25H25ClN2O4/c1-32-22-9-5-3-6-17(22)16-12-14-25(27,15-13-16)24(31)28-20(10-11-21(28)23(29)30)18-7-2-4-8-19(18)26/h2-9,12-16,20-21H,10-11,27H2,1H3,(H,29,30)/t16?,20-,21+,25?/m1/s1. The molecule has 1 saturated heterocycles. The van der Waals surface area contributed by atoms with Gasteiger partial charge in [0.2, 0.25) is 0 Å². The summed E-state index contributed by atoms with van der Waals surface area (Å²) >= 11 is 6.38. The van der Waals surface area contributed by atoms with Crippen molar-refractivity contribution in [3.05, 3.63) is 89.0 Å². The SMILES string of the molecule is COc1ccccc1C1C=CC(N)(C(=O)N2[C@@H](c3ccccc3Cl)CC[C@H]2C(=O)O)C=C1. The second kappa shape index (κ2) is 8.81. The van der Waals surface area contributed by atoms with Crippen LogP contribution < -0.4 is 10.5 Å². The van der Waals surface area contributed by atoms with Gasteiger partial charge in [0, 0.05) is 16.5 Å². The Morgan fingerprint density at radius 2 is 1.69 bits per heavy atom. The largest absolute Gasteiger partial charge is 0.496 e. The second-order valence-electron chi connectivity index (χ2n) is 8.10. The van der Waals surface area contributed by atoms with Crippen LogP contribution in [-0.4, -0.2) is 40.6 Å². The number of nitrogens with zero attached hydrogens (tertiary/aromatic N) is 1. The number of hydrogen-bond acceptors (Lipinski definition) is 4. The molecule has 7 heteroatoms. The van der Waals surface area contributed by atoms with Crippen molar-refractivity contribution in [1.82, 2.24) is 4.90 Å². The Balaban J connectivity index is 1.65. The zero-order chi connectivity index (χ0) is 22.9. The Kier molecular flexibility index (Phi) is 6.09. The Bertz CT molecular complexity index is 1080. The van der Waals surface area contributed by atoms with Gasteiger partial charge in [-0.3, -0.25) is 4.79 Å². The topological polar surface area (TPSA) is 92.9 Å². The second-order valence-corrected chi connectivity index (χ2v) is 8.51. The summed E-state index contributed by atoms with van der Waals surface area (Å²) in [5.74, 6) is -0.874. The molecule has 0 aromatic heterocycles. The number of aliphatic carboxylic acids is 1. The van der Waals surface area contributed by atoms with Crippen LogP contribution in [-0.2, 0) is 9.59 Å². The zero-order valence-electron chi connectivity index (χ0n) is 17.6. The van der Waals surface area contributed by atoms with Crippen LogP contribution in [0.5, 0.6) is 5.75 Å². The number of ether oxygens (including phenoxy) is 1. The molecule has 1 heterocycles. The minimum Gasteiger partial charge on any atom is -0.496 e. The number of nitrogens with two attached hydrogens (primary N) is 1. The first-order chi connectivity index (χ1) is 15.4. The van der Waals surface area contributed by atoms with E-state index in [0.29, 0.717) is 17.9 Å². The lowest BCUT2D eigenvalue weighted by Gasteiger charge is -2.36. The maximum atomic E-state index is 13.7. The van der Waals surface area contributed by atoms with Crippen LogP contribution in [0.1, 0.15) is 35.9 Å². The molecule has 1 aliphatic carbocycles. The van der Waals surface area contributed by atoms with E-state index in [0.717, 1.165) is 16.9 Å². The molecule has 0 saturated carbocycles. The zero-order valence-corrected chi connectivity index (χ0v) is 18.4. The third-order valence-electron chi connectivity index (χ3n) is 6.20. The van der Waals surface area contributed by atoms with E-state index in [1.165, 1.54) is 4.90 Å². The first-order valence-electron chi connectivity index (χ1n) is 10.5. The summed E-state index contributed by atoms with van der Waals surface area (Å²) in [6.07, 6.45) is 7.84. The van der Waals surface area contributed by atoms with Gasteiger partial charge in [-0.05, 0) is 30.5 Å². The number of rotatable bonds is 5. The summed E-state index contributed by atoms with van der Waals surface area (Å²) in [7, 11) is 1.61. The van der Waals surface area contributed by atoms with E-state index in [-0.39, 0.29) is 5.92 Å². The fraction of sp³-hybridized carbons (Fsp3) is 0.280. The number of halogens is 1. The van der Waals surface area contributed by atoms with Gasteiger partial charge in [0.1, 0.15) is 17.3 Å². The molecule has 4 rings (SSSR count). The number of carbonyl (C=O) groups excluding carboxylic acids is 1. The molecule has 2 aromatic rings. The Hall–Kier alpha value is -3.09. The van der Waals surface area contributed by atoms with E-state index in [4.69, 9.17) is 22.1 Å². The third kappa shape index (κ3) is 3.92. The molecule has 1 amide bonds. The monoisotopic (exact) mass is 452 g/mol. The van der Waals surface area contributed by atoms with Crippen LogP contribution in [0.4, 0.5) is 0 Å². The highest BCUT2D eigenvalue weighted by Crippen LogP contribution is 2.41. The number of carboxylic acid groups (broad SMARTS) is 1. The molecule has 0 spiro atoms. The summed E-state index contributed by atoms with van der Waals surface area (Å²) in [6, 6.07) is 13.4. The van der Waals surface area contributed by atoms with E-state index in [1.54, 1.807) is 31.4 Å². The van der Waals surface area contributed by atoms with Crippen molar-refractivity contribution >= 4 is 23.5 Å². The van der Waals surface area contributed by atoms with Gasteiger partial charge in [0.25, 0.3) is 5.91 Å². The highest BCUT2D eigenvalue weighted by atomic mass is 35.5. The van der Waals surface area contributed by atoms with Gasteiger partial charge in [-0.2, -0.15) is 0 Å². The molecule has 3 N–H and O–H groups in total. The van der Waals surface area contributed by atoms with Crippen LogP contribution in [0.15, 0.2) is 72.8 Å². The maximum Gasteiger partial charge on any atom is 0.326 e. The average molecular weight is 453 g/mol. The number of hydrogen-bond donors (Lipinski definition) is 2. The first kappa shape index (κ1) is 22.1. The average Bonchev–Trinajstić information content (AvgIpc) is 3.24. The number of carboxylic acids is 1. The summed E-state index contributed by atoms with van der Waals surface area (Å²) in [4.78, 5) is 27.0. The smallest absolute Gasteiger partial charge is 0.326 e. The van der Waals surface area contributed by atoms with Crippen LogP contribution in [0.2, 0.25) is 5.02 Å². The van der Waals surface area contributed by atoms with Gasteiger partial charge in [0.15, 0.2) is 0 Å². The van der Waals surface area contributed by atoms with Gasteiger partial charge >= 0.3 is 5.97 Å². The Labute approximate surface area is 191 Å². The van der Waals surface area contributed by atoms with Crippen molar-refractivity contribution in [2.75, 3.05) is 7.11 Å². The van der Waals surface area contributed by atoms with Gasteiger partial charge in [-0.15, -0.1) is 0 Å². The van der Waals surface area contributed by atoms with Crippen molar-refractivity contribution in [3.8, 4) is 5.75 Å². The number of para-hydroxylation sites is 1. The van der Waals surface area contributed by atoms with E-state index in [9.17, 15) is 14.7 Å². The van der Waals surface area contributed by atoms with Crippen LogP contribution in [0.25, 0.3) is 0 Å². The van der Waals surface area contributed by atoms with E-state index >= 15 is 0 Å². The summed E-state index contributed by atoms with van der Waals surface area (Å²) in [5.41, 5.74) is 6.75. The molecule has 6 nitrogen and oxygen atoms in total. The number of amides is 1. The molecule has 32 heavy (non-hydrogen) atoms. The molecule has 0 unspecified atom stereocenters. The molecule has 0 bridgehead atoms. The molecular weight excluding hydrogens is 428 g/mol. The van der Waals surface area contributed by atoms with Crippen LogP contribution in [0.3, 0.4) is 0 Å². The van der Waals surface area contributed by atoms with Gasteiger partial charge in [-0.1, -0.05) is 72.3 Å². The van der Waals surface area contributed by atoms with Crippen molar-refractivity contribution in [2.45, 2.75) is 36.4 Å². The van der Waals surface area contributed by atoms with Crippen LogP contribution in [0, 0.1) is 0 Å². The minimum atomic E-state index is -1.45. The number of allylic oxidation sites excluding steroid dienone is 2. The highest BCUT2D eigenvalue weighted by Gasteiger charge is 2.47. The number of carbonyl (C=O) groups is 2. The fourth-order valence-electron chi connectivity index (χ4n) is 4.55. The van der Waals surface area contributed by atoms with Crippen molar-refractivity contribution in [3.63, 3.8) is 0 Å². The lowest BCUT2D eigenvalue weighted by Crippen LogP contribution is -2.56. The molecule has 2 aliphatic rings. The number of methoxy groups -OCH3 is 1. The summed E-state index contributed by atoms with van der Waals surface area (Å²) in [5, 5.41) is 10.3. The summed E-state index contributed by atoms with van der Waals surface area (Å²) in [6.45, 7) is 0. The fourth-order valence-corrected chi connectivity index (χ4v) is 4.81. The van der Waals surface area contributed by atoms with E-state index in [1.807, 2.05) is 48.6 Å². The maximum absolute atomic E-state index is 13.7. The third-order valence-corrected chi connectivity index (χ3v) is 6.54. The lowest BCUT2D eigenvalue weighted by atomic mass is 9.85. The lowest BCUT2D eigenvalue weighted by molar-refractivity contribution is -0.150. The number of likely N-dealkylation sites (tertiary alicyclic amines) is 1. The summed E-state index contributed by atoms with van der Waals surface area (Å²) < 4.78 is 5.44. The van der Waals surface area contributed by atoms with Gasteiger partial charge < -0.3 is 20.5 Å². The Morgan fingerprint density at radius 3 is 2.31 bits per heavy atom. The van der Waals surface area contributed by atoms with Gasteiger partial charge in [0.05, 0.1) is 13.2 Å². The van der Waals surface area contributed by atoms with Crippen LogP contribution >= 0.6 is 11.6 Å². The molecule has 2 atom stereocenters. The minimum absolute atomic E-state index is 0.108. The van der Waals surface area contributed by atoms with Crippen molar-refractivity contribution in [2.24, 2.45) is 5.73 Å². The van der Waals surface area contributed by atoms with E-state index < -0.39 is 29.5 Å². The quantitative estimate of drug-likeness (QED) is 0.667. The molecule has 2 aromatic carbocycles. The van der Waals surface area contributed by atoms with E-state index in [2.05, 4.69) is 0 Å². The highest BCUT2D eigenvalue weighted by molar-refractivity contribution is 6.31. The van der Waals surface area contributed by atoms with Crippen molar-refractivity contribution < 1.29 is 19.4 Å². The molecule has 1 fully saturated rings. The molecule has 0 radical (unpaired) electrons. The number of benzene rings is 2. The van der Waals surface area contributed by atoms with Gasteiger partial charge in [-0.25, -0.2) is 4.79 Å². The molecular formula is C25H25ClN2O4.